The van der Waals surface area contributed by atoms with E-state index in [9.17, 15) is 4.79 Å². The summed E-state index contributed by atoms with van der Waals surface area (Å²) >= 11 is 37.5. The number of Topliss-reactive ketones (excluding diaryl/α,β-unsaturated/α-hetero) is 1. The van der Waals surface area contributed by atoms with E-state index < -0.39 is 16.7 Å². The molecule has 1 aliphatic heterocycles. The van der Waals surface area contributed by atoms with E-state index in [0.29, 0.717) is 37.3 Å². The SMILES string of the molecule is O=C(CN1C=CN(C(Cl)C(OCc2ccc(Cl)cc2Cl)c2ccc(Cl)cc2)C1)c1ccc(Cl)cc1Cl.O=[N+]([O-])O. The molecule has 0 aliphatic carbocycles. The Kier molecular flexibility index (Phi) is 12.0. The molecule has 3 aromatic rings. The van der Waals surface area contributed by atoms with Gasteiger partial charge in [-0.3, -0.25) is 4.79 Å². The maximum absolute atomic E-state index is 12.8. The fraction of sp³-hybridized carbons (Fsp3) is 0.192. The summed E-state index contributed by atoms with van der Waals surface area (Å²) in [7, 11) is 0. The average molecular weight is 668 g/mol. The molecule has 0 spiro atoms. The predicted molar refractivity (Wildman–Crippen MR) is 157 cm³/mol. The van der Waals surface area contributed by atoms with Gasteiger partial charge in [-0.15, -0.1) is 10.1 Å². The van der Waals surface area contributed by atoms with Gasteiger partial charge < -0.3 is 19.7 Å². The van der Waals surface area contributed by atoms with Gasteiger partial charge >= 0.3 is 0 Å². The van der Waals surface area contributed by atoms with E-state index in [1.807, 2.05) is 40.4 Å². The third kappa shape index (κ3) is 9.31. The monoisotopic (exact) mass is 665 g/mol. The van der Waals surface area contributed by atoms with Crippen LogP contribution in [-0.2, 0) is 11.3 Å². The van der Waals surface area contributed by atoms with E-state index in [4.69, 9.17) is 89.7 Å². The van der Waals surface area contributed by atoms with Crippen molar-refractivity contribution in [1.82, 2.24) is 9.80 Å². The van der Waals surface area contributed by atoms with Crippen LogP contribution < -0.4 is 0 Å². The third-order valence-electron chi connectivity index (χ3n) is 5.59. The first-order valence-electron chi connectivity index (χ1n) is 11.4. The Morgan fingerprint density at radius 2 is 1.50 bits per heavy atom. The highest BCUT2D eigenvalue weighted by Gasteiger charge is 2.30. The van der Waals surface area contributed by atoms with Crippen LogP contribution in [0, 0.1) is 10.1 Å². The van der Waals surface area contributed by atoms with Gasteiger partial charge in [-0.25, -0.2) is 0 Å². The number of hydrogen-bond acceptors (Lipinski definition) is 6. The number of hydrogen-bond donors (Lipinski definition) is 1. The molecule has 0 bridgehead atoms. The largest absolute Gasteiger partial charge is 0.365 e. The van der Waals surface area contributed by atoms with Crippen molar-refractivity contribution in [1.29, 1.82) is 0 Å². The first kappa shape index (κ1) is 32.1. The molecule has 0 radical (unpaired) electrons. The van der Waals surface area contributed by atoms with Gasteiger partial charge in [0.15, 0.2) is 5.78 Å². The number of nitrogens with zero attached hydrogens (tertiary/aromatic N) is 3. The Labute approximate surface area is 260 Å². The van der Waals surface area contributed by atoms with E-state index in [2.05, 4.69) is 0 Å². The van der Waals surface area contributed by atoms with Crippen LogP contribution in [0.15, 0.2) is 73.1 Å². The molecule has 0 saturated heterocycles. The summed E-state index contributed by atoms with van der Waals surface area (Å²) in [6.07, 6.45) is 3.11. The standard InChI is InChI=1S/C26H20Cl6N2O2.HNO3/c27-18-4-1-16(2-5-18)25(36-14-17-3-6-19(28)11-22(17)30)26(32)34-10-9-33(15-34)13-24(35)21-8-7-20(29)12-23(21)31;2-1(3)4/h1-12,25-26H,13-15H2;(H,2,3,4). The lowest BCUT2D eigenvalue weighted by molar-refractivity contribution is -0.742. The average Bonchev–Trinajstić information content (AvgIpc) is 3.34. The number of rotatable bonds is 9. The van der Waals surface area contributed by atoms with Gasteiger partial charge in [-0.05, 0) is 53.6 Å². The molecule has 1 N–H and O–H groups in total. The Bertz CT molecular complexity index is 1370. The lowest BCUT2D eigenvalue weighted by Gasteiger charge is -2.31. The highest BCUT2D eigenvalue weighted by Crippen LogP contribution is 2.33. The Morgan fingerprint density at radius 3 is 2.10 bits per heavy atom. The number of ether oxygens (including phenoxy) is 1. The van der Waals surface area contributed by atoms with Gasteiger partial charge in [-0.2, -0.15) is 0 Å². The lowest BCUT2D eigenvalue weighted by Crippen LogP contribution is -2.37. The van der Waals surface area contributed by atoms with Crippen molar-refractivity contribution in [3.05, 3.63) is 125 Å². The molecular weight excluding hydrogens is 647 g/mol. The molecule has 0 saturated carbocycles. The van der Waals surface area contributed by atoms with Crippen LogP contribution in [0.5, 0.6) is 0 Å². The fourth-order valence-corrected chi connectivity index (χ4v) is 5.16. The van der Waals surface area contributed by atoms with Gasteiger partial charge in [0.25, 0.3) is 5.09 Å². The summed E-state index contributed by atoms with van der Waals surface area (Å²) in [5.41, 5.74) is 1.46. The highest BCUT2D eigenvalue weighted by atomic mass is 35.5. The van der Waals surface area contributed by atoms with Gasteiger partial charge in [0.2, 0.25) is 0 Å². The normalized spacial score (nSPS) is 13.9. The lowest BCUT2D eigenvalue weighted by atomic mass is 10.1. The van der Waals surface area contributed by atoms with Crippen molar-refractivity contribution in [3.8, 4) is 0 Å². The summed E-state index contributed by atoms with van der Waals surface area (Å²) in [5.74, 6) is -0.128. The molecule has 0 amide bonds. The quantitative estimate of drug-likeness (QED) is 0.0805. The zero-order chi connectivity index (χ0) is 29.4. The maximum atomic E-state index is 12.8. The molecule has 1 heterocycles. The smallest absolute Gasteiger partial charge is 0.291 e. The van der Waals surface area contributed by atoms with Crippen molar-refractivity contribution < 1.29 is 19.8 Å². The minimum Gasteiger partial charge on any atom is -0.365 e. The van der Waals surface area contributed by atoms with Crippen molar-refractivity contribution in [2.75, 3.05) is 13.2 Å². The Morgan fingerprint density at radius 1 is 0.925 bits per heavy atom. The molecule has 1 aliphatic rings. The number of halogens is 6. The molecule has 40 heavy (non-hydrogen) atoms. The van der Waals surface area contributed by atoms with E-state index in [-0.39, 0.29) is 18.9 Å². The predicted octanol–water partition coefficient (Wildman–Crippen LogP) is 8.36. The van der Waals surface area contributed by atoms with Crippen LogP contribution in [0.1, 0.15) is 27.6 Å². The van der Waals surface area contributed by atoms with E-state index in [1.54, 1.807) is 42.5 Å². The number of carbonyl (C=O) groups excluding carboxylic acids is 1. The zero-order valence-corrected chi connectivity index (χ0v) is 24.9. The second-order valence-corrected chi connectivity index (χ2v) is 10.9. The van der Waals surface area contributed by atoms with E-state index in [0.717, 1.165) is 11.1 Å². The van der Waals surface area contributed by atoms with Gasteiger partial charge in [0.1, 0.15) is 11.6 Å². The molecule has 0 aromatic heterocycles. The minimum atomic E-state index is -1.50. The maximum Gasteiger partial charge on any atom is 0.291 e. The molecule has 4 rings (SSSR count). The molecule has 2 atom stereocenters. The second kappa shape index (κ2) is 15.0. The van der Waals surface area contributed by atoms with Crippen molar-refractivity contribution >= 4 is 75.4 Å². The first-order chi connectivity index (χ1) is 18.9. The number of carbonyl (C=O) groups is 1. The van der Waals surface area contributed by atoms with Crippen LogP contribution in [0.4, 0.5) is 0 Å². The summed E-state index contributed by atoms with van der Waals surface area (Å²) in [4.78, 5) is 24.9. The molecule has 14 heteroatoms. The molecule has 212 valence electrons. The fourth-order valence-electron chi connectivity index (χ4n) is 3.71. The molecule has 0 fully saturated rings. The Hall–Kier alpha value is -2.43. The van der Waals surface area contributed by atoms with Crippen LogP contribution in [0.3, 0.4) is 0 Å². The summed E-state index contributed by atoms with van der Waals surface area (Å²) in [6, 6.07) is 17.4. The minimum absolute atomic E-state index is 0.128. The number of ketones is 1. The van der Waals surface area contributed by atoms with E-state index in [1.165, 1.54) is 0 Å². The molecule has 2 unspecified atom stereocenters. The number of alkyl halides is 1. The number of benzene rings is 3. The summed E-state index contributed by atoms with van der Waals surface area (Å²) < 4.78 is 6.27. The van der Waals surface area contributed by atoms with Crippen molar-refractivity contribution in [2.45, 2.75) is 18.2 Å². The van der Waals surface area contributed by atoms with Gasteiger partial charge in [-0.1, -0.05) is 87.8 Å². The van der Waals surface area contributed by atoms with Crippen LogP contribution in [0.25, 0.3) is 0 Å². The topological polar surface area (TPSA) is 96.2 Å². The highest BCUT2D eigenvalue weighted by molar-refractivity contribution is 6.37. The summed E-state index contributed by atoms with van der Waals surface area (Å²) in [6.45, 7) is 0.742. The molecular formula is C26H21Cl6N3O5. The van der Waals surface area contributed by atoms with Gasteiger partial charge in [0.05, 0.1) is 24.8 Å². The van der Waals surface area contributed by atoms with Crippen molar-refractivity contribution in [3.63, 3.8) is 0 Å². The molecule has 3 aromatic carbocycles. The van der Waals surface area contributed by atoms with Crippen LogP contribution >= 0.6 is 69.6 Å². The molecule has 8 nitrogen and oxygen atoms in total. The third-order valence-corrected chi connectivity index (χ3v) is 7.46. The van der Waals surface area contributed by atoms with Crippen molar-refractivity contribution in [2.24, 2.45) is 0 Å². The summed E-state index contributed by atoms with van der Waals surface area (Å²) in [5, 5.41) is 16.1. The zero-order valence-electron chi connectivity index (χ0n) is 20.4. The van der Waals surface area contributed by atoms with Crippen LogP contribution in [0.2, 0.25) is 25.1 Å². The van der Waals surface area contributed by atoms with Crippen LogP contribution in [-0.4, -0.2) is 44.6 Å². The second-order valence-electron chi connectivity index (χ2n) is 8.38. The van der Waals surface area contributed by atoms with E-state index >= 15 is 0 Å². The Balaban J connectivity index is 0.00000103. The first-order valence-corrected chi connectivity index (χ1v) is 13.7. The van der Waals surface area contributed by atoms with Gasteiger partial charge in [0, 0.05) is 38.1 Å².